The van der Waals surface area contributed by atoms with Crippen molar-refractivity contribution in [1.82, 2.24) is 10.0 Å². The van der Waals surface area contributed by atoms with Gasteiger partial charge in [-0.2, -0.15) is 0 Å². The van der Waals surface area contributed by atoms with Crippen molar-refractivity contribution in [2.24, 2.45) is 0 Å². The summed E-state index contributed by atoms with van der Waals surface area (Å²) in [5.41, 5.74) is 0.554. The second kappa shape index (κ2) is 8.41. The van der Waals surface area contributed by atoms with Gasteiger partial charge in [0, 0.05) is 20.0 Å². The van der Waals surface area contributed by atoms with Crippen molar-refractivity contribution in [2.45, 2.75) is 17.4 Å². The Labute approximate surface area is 163 Å². The zero-order chi connectivity index (χ0) is 20.1. The van der Waals surface area contributed by atoms with Crippen molar-refractivity contribution in [3.8, 4) is 5.75 Å². The quantitative estimate of drug-likeness (QED) is 0.746. The van der Waals surface area contributed by atoms with E-state index < -0.39 is 16.1 Å². The second-order valence-corrected chi connectivity index (χ2v) is 7.92. The number of carbonyl (C=O) groups excluding carboxylic acids is 2. The van der Waals surface area contributed by atoms with E-state index in [1.807, 2.05) is 0 Å². The van der Waals surface area contributed by atoms with Crippen LogP contribution in [0.1, 0.15) is 6.42 Å². The number of fused-ring (bicyclic) bond motifs is 1. The van der Waals surface area contributed by atoms with Gasteiger partial charge in [0.05, 0.1) is 17.1 Å². The molecule has 0 bridgehead atoms. The van der Waals surface area contributed by atoms with E-state index >= 15 is 0 Å². The zero-order valence-corrected chi connectivity index (χ0v) is 16.1. The molecule has 2 aromatic carbocycles. The monoisotopic (exact) mass is 403 g/mol. The SMILES string of the molecule is CNC(=O)[C@H]1CN(C(=O)CCNS(=O)(=O)c2ccccc2)c2ccccc2O1. The summed E-state index contributed by atoms with van der Waals surface area (Å²) in [6.07, 6.45) is -0.884. The number of nitrogens with zero attached hydrogens (tertiary/aromatic N) is 1. The number of hydrogen-bond acceptors (Lipinski definition) is 5. The molecule has 28 heavy (non-hydrogen) atoms. The lowest BCUT2D eigenvalue weighted by molar-refractivity contribution is -0.127. The summed E-state index contributed by atoms with van der Waals surface area (Å²) in [6.45, 7) is 0.00117. The Morgan fingerprint density at radius 2 is 1.79 bits per heavy atom. The first-order valence-electron chi connectivity index (χ1n) is 8.75. The molecule has 0 unspecified atom stereocenters. The van der Waals surface area contributed by atoms with E-state index in [4.69, 9.17) is 4.74 Å². The molecular weight excluding hydrogens is 382 g/mol. The molecule has 9 heteroatoms. The molecule has 0 saturated carbocycles. The fourth-order valence-electron chi connectivity index (χ4n) is 2.88. The number of ether oxygens (including phenoxy) is 1. The fourth-order valence-corrected chi connectivity index (χ4v) is 3.93. The maximum Gasteiger partial charge on any atom is 0.262 e. The molecule has 148 valence electrons. The number of nitrogens with one attached hydrogen (secondary N) is 2. The molecule has 8 nitrogen and oxygen atoms in total. The van der Waals surface area contributed by atoms with Crippen LogP contribution in [0, 0.1) is 0 Å². The van der Waals surface area contributed by atoms with Gasteiger partial charge in [-0.3, -0.25) is 9.59 Å². The summed E-state index contributed by atoms with van der Waals surface area (Å²) < 4.78 is 32.6. The maximum absolute atomic E-state index is 12.7. The van der Waals surface area contributed by atoms with Crippen molar-refractivity contribution in [2.75, 3.05) is 25.0 Å². The third kappa shape index (κ3) is 4.32. The Hall–Kier alpha value is -2.91. The normalized spacial score (nSPS) is 16.0. The van der Waals surface area contributed by atoms with Gasteiger partial charge in [0.25, 0.3) is 5.91 Å². The smallest absolute Gasteiger partial charge is 0.262 e. The summed E-state index contributed by atoms with van der Waals surface area (Å²) in [4.78, 5) is 26.3. The lowest BCUT2D eigenvalue weighted by Gasteiger charge is -2.34. The minimum absolute atomic E-state index is 0.0547. The van der Waals surface area contributed by atoms with Gasteiger partial charge in [0.1, 0.15) is 5.75 Å². The van der Waals surface area contributed by atoms with E-state index in [-0.39, 0.29) is 36.2 Å². The van der Waals surface area contributed by atoms with Crippen molar-refractivity contribution in [3.63, 3.8) is 0 Å². The Bertz CT molecular complexity index is 963. The van der Waals surface area contributed by atoms with Gasteiger partial charge in [-0.05, 0) is 24.3 Å². The second-order valence-electron chi connectivity index (χ2n) is 6.15. The van der Waals surface area contributed by atoms with E-state index in [0.717, 1.165) is 0 Å². The predicted octanol–water partition coefficient (Wildman–Crippen LogP) is 0.895. The number of carbonyl (C=O) groups is 2. The van der Waals surface area contributed by atoms with Crippen LogP contribution in [0.5, 0.6) is 5.75 Å². The van der Waals surface area contributed by atoms with E-state index in [1.165, 1.54) is 24.1 Å². The Balaban J connectivity index is 1.69. The van der Waals surface area contributed by atoms with Gasteiger partial charge in [-0.15, -0.1) is 0 Å². The Morgan fingerprint density at radius 1 is 1.11 bits per heavy atom. The van der Waals surface area contributed by atoms with E-state index in [1.54, 1.807) is 42.5 Å². The molecule has 2 aromatic rings. The molecule has 0 aliphatic carbocycles. The average Bonchev–Trinajstić information content (AvgIpc) is 2.72. The van der Waals surface area contributed by atoms with E-state index in [2.05, 4.69) is 10.0 Å². The standard InChI is InChI=1S/C19H21N3O5S/c1-20-19(24)17-13-22(15-9-5-6-10-16(15)27-17)18(23)11-12-21-28(25,26)14-7-3-2-4-8-14/h2-10,17,21H,11-13H2,1H3,(H,20,24)/t17-/m1/s1. The van der Waals surface area contributed by atoms with Crippen LogP contribution in [0.15, 0.2) is 59.5 Å². The molecule has 1 atom stereocenters. The minimum atomic E-state index is -3.68. The highest BCUT2D eigenvalue weighted by atomic mass is 32.2. The van der Waals surface area contributed by atoms with Gasteiger partial charge in [-0.1, -0.05) is 30.3 Å². The number of amides is 2. The number of benzene rings is 2. The predicted molar refractivity (Wildman–Crippen MR) is 104 cm³/mol. The summed E-state index contributed by atoms with van der Waals surface area (Å²) in [6, 6.07) is 14.9. The third-order valence-corrected chi connectivity index (χ3v) is 5.77. The Morgan fingerprint density at radius 3 is 2.50 bits per heavy atom. The molecule has 0 aromatic heterocycles. The van der Waals surface area contributed by atoms with Gasteiger partial charge in [0.15, 0.2) is 6.10 Å². The van der Waals surface area contributed by atoms with Crippen LogP contribution >= 0.6 is 0 Å². The highest BCUT2D eigenvalue weighted by molar-refractivity contribution is 7.89. The van der Waals surface area contributed by atoms with Gasteiger partial charge >= 0.3 is 0 Å². The summed E-state index contributed by atoms with van der Waals surface area (Å²) in [7, 11) is -2.19. The first kappa shape index (κ1) is 19.8. The molecule has 1 heterocycles. The van der Waals surface area contributed by atoms with Crippen molar-refractivity contribution < 1.29 is 22.7 Å². The van der Waals surface area contributed by atoms with E-state index in [9.17, 15) is 18.0 Å². The fraction of sp³-hybridized carbons (Fsp3) is 0.263. The van der Waals surface area contributed by atoms with Crippen molar-refractivity contribution in [3.05, 3.63) is 54.6 Å². The van der Waals surface area contributed by atoms with Crippen LogP contribution in [0.3, 0.4) is 0 Å². The highest BCUT2D eigenvalue weighted by Gasteiger charge is 2.33. The maximum atomic E-state index is 12.7. The molecule has 1 aliphatic rings. The summed E-state index contributed by atoms with van der Waals surface area (Å²) in [5.74, 6) is -0.210. The molecule has 0 fully saturated rings. The first-order valence-corrected chi connectivity index (χ1v) is 10.2. The largest absolute Gasteiger partial charge is 0.477 e. The molecule has 2 N–H and O–H groups in total. The van der Waals surface area contributed by atoms with Crippen LogP contribution in [-0.2, 0) is 19.6 Å². The summed E-state index contributed by atoms with van der Waals surface area (Å²) in [5, 5.41) is 2.51. The highest BCUT2D eigenvalue weighted by Crippen LogP contribution is 2.33. The number of rotatable bonds is 6. The summed E-state index contributed by atoms with van der Waals surface area (Å²) >= 11 is 0. The molecule has 0 spiro atoms. The molecule has 0 radical (unpaired) electrons. The van der Waals surface area contributed by atoms with Crippen molar-refractivity contribution in [1.29, 1.82) is 0 Å². The number of sulfonamides is 1. The lowest BCUT2D eigenvalue weighted by atomic mass is 10.1. The van der Waals surface area contributed by atoms with Crippen LogP contribution in [0.2, 0.25) is 0 Å². The zero-order valence-electron chi connectivity index (χ0n) is 15.3. The van der Waals surface area contributed by atoms with Crippen LogP contribution in [-0.4, -0.2) is 46.5 Å². The number of likely N-dealkylation sites (N-methyl/N-ethyl adjacent to an activating group) is 1. The van der Waals surface area contributed by atoms with Crippen molar-refractivity contribution >= 4 is 27.5 Å². The van der Waals surface area contributed by atoms with Crippen LogP contribution in [0.25, 0.3) is 0 Å². The van der Waals surface area contributed by atoms with Crippen LogP contribution < -0.4 is 19.7 Å². The molecule has 2 amide bonds. The number of hydrogen-bond donors (Lipinski definition) is 2. The topological polar surface area (TPSA) is 105 Å². The molecule has 3 rings (SSSR count). The third-order valence-electron chi connectivity index (χ3n) is 4.30. The Kier molecular flexibility index (Phi) is 5.96. The minimum Gasteiger partial charge on any atom is -0.477 e. The lowest BCUT2D eigenvalue weighted by Crippen LogP contribution is -2.50. The van der Waals surface area contributed by atoms with E-state index in [0.29, 0.717) is 11.4 Å². The average molecular weight is 403 g/mol. The van der Waals surface area contributed by atoms with Gasteiger partial charge in [0.2, 0.25) is 15.9 Å². The molecular formula is C19H21N3O5S. The molecule has 0 saturated heterocycles. The van der Waals surface area contributed by atoms with Gasteiger partial charge < -0.3 is 15.0 Å². The number of anilines is 1. The van der Waals surface area contributed by atoms with Crippen LogP contribution in [0.4, 0.5) is 5.69 Å². The molecule has 1 aliphatic heterocycles. The first-order chi connectivity index (χ1) is 13.4. The number of para-hydroxylation sites is 2. The van der Waals surface area contributed by atoms with Gasteiger partial charge in [-0.25, -0.2) is 13.1 Å².